The van der Waals surface area contributed by atoms with Crippen molar-refractivity contribution < 1.29 is 14.3 Å². The second-order valence-electron chi connectivity index (χ2n) is 7.42. The number of nitrogens with zero attached hydrogens (tertiary/aromatic N) is 2. The molecule has 0 aliphatic carbocycles. The van der Waals surface area contributed by atoms with Gasteiger partial charge in [-0.2, -0.15) is 0 Å². The van der Waals surface area contributed by atoms with Crippen LogP contribution in [0.2, 0.25) is 5.02 Å². The van der Waals surface area contributed by atoms with Crippen LogP contribution < -0.4 is 10.1 Å². The smallest absolute Gasteiger partial charge is 0.238 e. The molecule has 0 atom stereocenters. The quantitative estimate of drug-likeness (QED) is 0.732. The molecule has 0 aromatic heterocycles. The SMILES string of the molecule is COc1ccc(CCC(=O)N2CCCN(CC(=O)Nc3cccc(Cl)c3)CC2)cc1. The molecule has 0 saturated carbocycles. The number of nitrogens with one attached hydrogen (secondary N) is 1. The Balaban J connectivity index is 1.43. The zero-order valence-corrected chi connectivity index (χ0v) is 18.0. The number of hydrogen-bond donors (Lipinski definition) is 1. The fourth-order valence-corrected chi connectivity index (χ4v) is 3.74. The number of ether oxygens (including phenoxy) is 1. The zero-order valence-electron chi connectivity index (χ0n) is 17.3. The fraction of sp³-hybridized carbons (Fsp3) is 0.391. The number of carbonyl (C=O) groups is 2. The highest BCUT2D eigenvalue weighted by Gasteiger charge is 2.20. The van der Waals surface area contributed by atoms with Crippen LogP contribution in [0, 0.1) is 0 Å². The van der Waals surface area contributed by atoms with Gasteiger partial charge < -0.3 is 15.0 Å². The minimum Gasteiger partial charge on any atom is -0.497 e. The van der Waals surface area contributed by atoms with Crippen molar-refractivity contribution in [1.82, 2.24) is 9.80 Å². The second-order valence-corrected chi connectivity index (χ2v) is 7.85. The van der Waals surface area contributed by atoms with Crippen molar-refractivity contribution in [2.75, 3.05) is 45.2 Å². The van der Waals surface area contributed by atoms with Gasteiger partial charge in [0.25, 0.3) is 0 Å². The third kappa shape index (κ3) is 6.75. The molecule has 1 N–H and O–H groups in total. The highest BCUT2D eigenvalue weighted by atomic mass is 35.5. The van der Waals surface area contributed by atoms with Gasteiger partial charge in [0.15, 0.2) is 0 Å². The maximum absolute atomic E-state index is 12.6. The molecule has 3 rings (SSSR count). The molecular formula is C23H28ClN3O3. The Labute approximate surface area is 182 Å². The monoisotopic (exact) mass is 429 g/mol. The number of amides is 2. The van der Waals surface area contributed by atoms with Crippen LogP contribution in [0.3, 0.4) is 0 Å². The molecule has 1 fully saturated rings. The maximum Gasteiger partial charge on any atom is 0.238 e. The summed E-state index contributed by atoms with van der Waals surface area (Å²) in [6, 6.07) is 14.9. The summed E-state index contributed by atoms with van der Waals surface area (Å²) < 4.78 is 5.17. The third-order valence-electron chi connectivity index (χ3n) is 5.20. The van der Waals surface area contributed by atoms with Gasteiger partial charge in [0.05, 0.1) is 13.7 Å². The van der Waals surface area contributed by atoms with Crippen LogP contribution >= 0.6 is 11.6 Å². The molecule has 0 radical (unpaired) electrons. The second kappa shape index (κ2) is 11.0. The third-order valence-corrected chi connectivity index (χ3v) is 5.44. The topological polar surface area (TPSA) is 61.9 Å². The summed E-state index contributed by atoms with van der Waals surface area (Å²) >= 11 is 5.96. The van der Waals surface area contributed by atoms with E-state index in [1.165, 1.54) is 0 Å². The van der Waals surface area contributed by atoms with Crippen molar-refractivity contribution in [3.05, 3.63) is 59.1 Å². The van der Waals surface area contributed by atoms with Gasteiger partial charge in [-0.05, 0) is 48.7 Å². The van der Waals surface area contributed by atoms with Crippen LogP contribution in [0.25, 0.3) is 0 Å². The van der Waals surface area contributed by atoms with Gasteiger partial charge in [-0.1, -0.05) is 29.8 Å². The van der Waals surface area contributed by atoms with E-state index in [1.807, 2.05) is 35.2 Å². The lowest BCUT2D eigenvalue weighted by molar-refractivity contribution is -0.131. The fourth-order valence-electron chi connectivity index (χ4n) is 3.55. The van der Waals surface area contributed by atoms with Crippen molar-refractivity contribution in [3.8, 4) is 5.75 Å². The minimum atomic E-state index is -0.0726. The van der Waals surface area contributed by atoms with Crippen LogP contribution in [-0.2, 0) is 16.0 Å². The molecular weight excluding hydrogens is 402 g/mol. The number of methoxy groups -OCH3 is 1. The molecule has 2 aromatic carbocycles. The minimum absolute atomic E-state index is 0.0726. The highest BCUT2D eigenvalue weighted by molar-refractivity contribution is 6.30. The van der Waals surface area contributed by atoms with E-state index in [2.05, 4.69) is 10.2 Å². The van der Waals surface area contributed by atoms with Crippen molar-refractivity contribution >= 4 is 29.1 Å². The summed E-state index contributed by atoms with van der Waals surface area (Å²) in [7, 11) is 1.64. The molecule has 1 saturated heterocycles. The number of halogens is 1. The van der Waals surface area contributed by atoms with Gasteiger partial charge in [-0.15, -0.1) is 0 Å². The molecule has 1 aliphatic rings. The van der Waals surface area contributed by atoms with E-state index in [4.69, 9.17) is 16.3 Å². The molecule has 0 spiro atoms. The van der Waals surface area contributed by atoms with E-state index in [0.717, 1.165) is 30.8 Å². The van der Waals surface area contributed by atoms with Crippen LogP contribution in [-0.4, -0.2) is 61.4 Å². The Bertz CT molecular complexity index is 857. The predicted molar refractivity (Wildman–Crippen MR) is 119 cm³/mol. The molecule has 0 bridgehead atoms. The molecule has 2 aromatic rings. The summed E-state index contributed by atoms with van der Waals surface area (Å²) in [5.41, 5.74) is 1.82. The van der Waals surface area contributed by atoms with Gasteiger partial charge in [0.1, 0.15) is 5.75 Å². The Hall–Kier alpha value is -2.57. The average molecular weight is 430 g/mol. The largest absolute Gasteiger partial charge is 0.497 e. The van der Waals surface area contributed by atoms with Gasteiger partial charge in [-0.3, -0.25) is 14.5 Å². The normalized spacial score (nSPS) is 14.8. The lowest BCUT2D eigenvalue weighted by Crippen LogP contribution is -2.38. The zero-order chi connectivity index (χ0) is 21.3. The summed E-state index contributed by atoms with van der Waals surface area (Å²) in [6.45, 7) is 3.17. The summed E-state index contributed by atoms with van der Waals surface area (Å²) in [4.78, 5) is 29.0. The van der Waals surface area contributed by atoms with E-state index in [1.54, 1.807) is 25.3 Å². The van der Waals surface area contributed by atoms with Crippen LogP contribution in [0.15, 0.2) is 48.5 Å². The van der Waals surface area contributed by atoms with Gasteiger partial charge in [0, 0.05) is 43.3 Å². The van der Waals surface area contributed by atoms with E-state index in [9.17, 15) is 9.59 Å². The Morgan fingerprint density at radius 2 is 1.87 bits per heavy atom. The first-order valence-corrected chi connectivity index (χ1v) is 10.6. The Morgan fingerprint density at radius 1 is 1.07 bits per heavy atom. The van der Waals surface area contributed by atoms with Crippen LogP contribution in [0.4, 0.5) is 5.69 Å². The maximum atomic E-state index is 12.6. The van der Waals surface area contributed by atoms with Crippen molar-refractivity contribution in [2.45, 2.75) is 19.3 Å². The summed E-state index contributed by atoms with van der Waals surface area (Å²) in [5, 5.41) is 3.47. The number of benzene rings is 2. The van der Waals surface area contributed by atoms with E-state index in [0.29, 0.717) is 43.2 Å². The van der Waals surface area contributed by atoms with Crippen molar-refractivity contribution in [1.29, 1.82) is 0 Å². The van der Waals surface area contributed by atoms with E-state index >= 15 is 0 Å². The number of hydrogen-bond acceptors (Lipinski definition) is 4. The molecule has 30 heavy (non-hydrogen) atoms. The molecule has 1 aliphatic heterocycles. The number of anilines is 1. The lowest BCUT2D eigenvalue weighted by atomic mass is 10.1. The summed E-state index contributed by atoms with van der Waals surface area (Å²) in [5.74, 6) is 0.907. The van der Waals surface area contributed by atoms with Crippen LogP contribution in [0.5, 0.6) is 5.75 Å². The molecule has 2 amide bonds. The van der Waals surface area contributed by atoms with Crippen LogP contribution in [0.1, 0.15) is 18.4 Å². The molecule has 160 valence electrons. The van der Waals surface area contributed by atoms with Crippen molar-refractivity contribution in [3.63, 3.8) is 0 Å². The number of carbonyl (C=O) groups excluding carboxylic acids is 2. The van der Waals surface area contributed by atoms with Crippen molar-refractivity contribution in [2.24, 2.45) is 0 Å². The lowest BCUT2D eigenvalue weighted by Gasteiger charge is -2.22. The van der Waals surface area contributed by atoms with E-state index < -0.39 is 0 Å². The van der Waals surface area contributed by atoms with E-state index in [-0.39, 0.29) is 11.8 Å². The Kier molecular flexibility index (Phi) is 8.11. The van der Waals surface area contributed by atoms with Gasteiger partial charge >= 0.3 is 0 Å². The molecule has 7 heteroatoms. The number of aryl methyl sites for hydroxylation is 1. The molecule has 6 nitrogen and oxygen atoms in total. The first kappa shape index (κ1) is 22.1. The summed E-state index contributed by atoms with van der Waals surface area (Å²) in [6.07, 6.45) is 2.06. The average Bonchev–Trinajstić information content (AvgIpc) is 2.98. The molecule has 0 unspecified atom stereocenters. The standard InChI is InChI=1S/C23H28ClN3O3/c1-30-21-9-6-18(7-10-21)8-11-23(29)27-13-3-12-26(14-15-27)17-22(28)25-20-5-2-4-19(24)16-20/h2,4-7,9-10,16H,3,8,11-15,17H2,1H3,(H,25,28). The molecule has 1 heterocycles. The predicted octanol–water partition coefficient (Wildman–Crippen LogP) is 3.45. The first-order valence-electron chi connectivity index (χ1n) is 10.2. The first-order chi connectivity index (χ1) is 14.5. The Morgan fingerprint density at radius 3 is 2.60 bits per heavy atom. The van der Waals surface area contributed by atoms with Gasteiger partial charge in [-0.25, -0.2) is 0 Å². The van der Waals surface area contributed by atoms with Gasteiger partial charge in [0.2, 0.25) is 11.8 Å². The number of rotatable bonds is 7. The highest BCUT2D eigenvalue weighted by Crippen LogP contribution is 2.16.